The first-order valence-electron chi connectivity index (χ1n) is 38.9. The predicted molar refractivity (Wildman–Crippen MR) is 427 cm³/mol. The molecule has 470 valence electrons. The van der Waals surface area contributed by atoms with Crippen LogP contribution in [0.3, 0.4) is 0 Å². The van der Waals surface area contributed by atoms with E-state index in [0.29, 0.717) is 11.1 Å². The topological polar surface area (TPSA) is 31.2 Å². The van der Waals surface area contributed by atoms with Crippen molar-refractivity contribution in [1.29, 1.82) is 0 Å². The Hall–Kier alpha value is -13.3. The van der Waals surface area contributed by atoms with E-state index in [4.69, 9.17) is 22.5 Å². The lowest BCUT2D eigenvalue weighted by Gasteiger charge is -2.18. The number of nitrogens with zero attached hydrogens (tertiary/aromatic N) is 1. The van der Waals surface area contributed by atoms with Crippen LogP contribution in [0.15, 0.2) is 379 Å². The first-order valence-corrected chi connectivity index (χ1v) is 33.9. The van der Waals surface area contributed by atoms with Gasteiger partial charge in [-0.3, -0.25) is 0 Å². The van der Waals surface area contributed by atoms with E-state index in [1.54, 1.807) is 0 Å². The van der Waals surface area contributed by atoms with E-state index in [-0.39, 0.29) is 59.5 Å². The lowest BCUT2D eigenvalue weighted by molar-refractivity contribution is 0.668. The second-order valence-electron chi connectivity index (χ2n) is 25.6. The van der Waals surface area contributed by atoms with Crippen molar-refractivity contribution >= 4 is 120 Å². The highest BCUT2D eigenvalue weighted by atomic mass is 16.3. The molecule has 0 fully saturated rings. The molecule has 0 aliphatic rings. The van der Waals surface area contributed by atoms with Crippen molar-refractivity contribution in [1.82, 2.24) is 4.57 Å². The third-order valence-electron chi connectivity index (χ3n) is 20.3. The standard InChI is InChI=1S/C50H31NO.C48H30O/c1-2-14-33(15-3-1)47-38-18-4-6-20-40(38)48(41-21-7-5-19-39(41)47)34-28-26-32(27-29-34)35-30-31-46-49(42-22-10-13-25-45(42)52-46)50(35)51-43-23-11-8-16-36(43)37-17-9-12-24-44(37)51;1-2-14-33(15-3-1)45-38-18-6-8-20-40(38)46(41-21-9-7-19-39(41)45)34-27-25-32(26-28-34)36-29-30-44-48(42-22-10-11-24-43(42)49-44)47(36)37-23-12-16-31-13-4-5-17-35(31)37/h1-31H;1-30H/i2*1D,2D,3D,14D,15D. The number of furan rings is 2. The zero-order valence-corrected chi connectivity index (χ0v) is 54.2. The minimum absolute atomic E-state index is 0.204. The molecule has 0 amide bonds. The third kappa shape index (κ3) is 9.36. The van der Waals surface area contributed by atoms with Gasteiger partial charge in [-0.15, -0.1) is 0 Å². The van der Waals surface area contributed by atoms with Gasteiger partial charge in [0.2, 0.25) is 0 Å². The van der Waals surface area contributed by atoms with Crippen LogP contribution >= 0.6 is 0 Å². The highest BCUT2D eigenvalue weighted by Crippen LogP contribution is 2.50. The Morgan fingerprint density at radius 2 is 0.545 bits per heavy atom. The Morgan fingerprint density at radius 3 is 1.01 bits per heavy atom. The first kappa shape index (κ1) is 48.4. The van der Waals surface area contributed by atoms with E-state index in [0.717, 1.165) is 159 Å². The molecule has 0 saturated heterocycles. The van der Waals surface area contributed by atoms with E-state index in [9.17, 15) is 0 Å². The van der Waals surface area contributed by atoms with E-state index in [1.165, 1.54) is 21.5 Å². The average molecular weight is 1290 g/mol. The number of hydrogen-bond donors (Lipinski definition) is 0. The highest BCUT2D eigenvalue weighted by Gasteiger charge is 2.25. The SMILES string of the molecule is [2H]c1c([2H])c([2H])c(-c2c3ccccc3c(-c3ccc(-c4ccc5oc6ccccc6c5c4-c4cccc5ccccc45)cc3)c3ccccc23)c([2H])c1[2H].[2H]c1c([2H])c([2H])c(-c2c3ccccc3c(-c3ccc(-c4ccc5oc6ccccc6c5c4-n4c5ccccc5c5ccccc54)cc3)c3ccccc23)c([2H])c1[2H]. The fraction of sp³-hybridized carbons (Fsp3) is 0. The fourth-order valence-electron chi connectivity index (χ4n) is 16.0. The third-order valence-corrected chi connectivity index (χ3v) is 20.3. The molecule has 0 spiro atoms. The van der Waals surface area contributed by atoms with Crippen LogP contribution in [0.4, 0.5) is 0 Å². The van der Waals surface area contributed by atoms with Crippen molar-refractivity contribution in [2.24, 2.45) is 0 Å². The van der Waals surface area contributed by atoms with Gasteiger partial charge in [-0.1, -0.05) is 327 Å². The molecular weight excluding hydrogens is 1220 g/mol. The molecule has 3 heteroatoms. The predicted octanol–water partition coefficient (Wildman–Crippen LogP) is 27.7. The summed E-state index contributed by atoms with van der Waals surface area (Å²) in [4.78, 5) is 0. The van der Waals surface area contributed by atoms with Gasteiger partial charge >= 0.3 is 0 Å². The summed E-state index contributed by atoms with van der Waals surface area (Å²) in [6.45, 7) is 0. The maximum atomic E-state index is 8.91. The molecule has 3 nitrogen and oxygen atoms in total. The van der Waals surface area contributed by atoms with Gasteiger partial charge in [-0.2, -0.15) is 0 Å². The second kappa shape index (κ2) is 23.7. The van der Waals surface area contributed by atoms with Crippen LogP contribution in [0.2, 0.25) is 0 Å². The molecule has 3 aromatic heterocycles. The van der Waals surface area contributed by atoms with Crippen LogP contribution in [0.25, 0.3) is 203 Å². The van der Waals surface area contributed by atoms with Crippen molar-refractivity contribution in [3.8, 4) is 83.6 Å². The molecule has 0 N–H and O–H groups in total. The number of aromatic nitrogens is 1. The summed E-state index contributed by atoms with van der Waals surface area (Å²) in [5, 5.41) is 16.0. The molecule has 0 unspecified atom stereocenters. The Morgan fingerprint density at radius 1 is 0.208 bits per heavy atom. The monoisotopic (exact) mass is 1290 g/mol. The lowest BCUT2D eigenvalue weighted by Crippen LogP contribution is -1.98. The van der Waals surface area contributed by atoms with E-state index < -0.39 is 12.1 Å². The van der Waals surface area contributed by atoms with Crippen molar-refractivity contribution in [3.63, 3.8) is 0 Å². The largest absolute Gasteiger partial charge is 0.456 e. The molecule has 0 bridgehead atoms. The Bertz CT molecular complexity index is 7290. The van der Waals surface area contributed by atoms with Gasteiger partial charge in [0.15, 0.2) is 0 Å². The summed E-state index contributed by atoms with van der Waals surface area (Å²) in [6, 6.07) is 103. The van der Waals surface area contributed by atoms with E-state index in [2.05, 4.69) is 217 Å². The molecule has 21 aromatic rings. The quantitative estimate of drug-likeness (QED) is 0.142. The highest BCUT2D eigenvalue weighted by molar-refractivity contribution is 6.25. The van der Waals surface area contributed by atoms with E-state index in [1.807, 2.05) is 97.1 Å². The Labute approximate surface area is 597 Å². The Balaban J connectivity index is 0.000000145. The number of fused-ring (bicyclic) bond motifs is 14. The molecule has 0 atom stereocenters. The normalized spacial score (nSPS) is 13.1. The van der Waals surface area contributed by atoms with Gasteiger partial charge in [-0.25, -0.2) is 0 Å². The molecule has 0 aliphatic carbocycles. The second-order valence-corrected chi connectivity index (χ2v) is 25.6. The summed E-state index contributed by atoms with van der Waals surface area (Å²) in [5.41, 5.74) is 19.0. The van der Waals surface area contributed by atoms with Crippen LogP contribution in [-0.2, 0) is 0 Å². The average Bonchev–Trinajstić information content (AvgIpc) is 1.76. The Kier molecular flexibility index (Phi) is 11.4. The molecule has 0 radical (unpaired) electrons. The summed E-state index contributed by atoms with van der Waals surface area (Å²) in [6.07, 6.45) is 0. The summed E-state index contributed by atoms with van der Waals surface area (Å²) < 4.78 is 101. The van der Waals surface area contributed by atoms with Crippen LogP contribution in [0.1, 0.15) is 13.7 Å². The zero-order chi connectivity index (χ0) is 75.2. The molecular formula is C98H61NO2. The van der Waals surface area contributed by atoms with Crippen molar-refractivity contribution in [3.05, 3.63) is 370 Å². The van der Waals surface area contributed by atoms with Gasteiger partial charge in [-0.05, 0) is 163 Å². The van der Waals surface area contributed by atoms with Gasteiger partial charge in [0.1, 0.15) is 22.3 Å². The molecule has 0 saturated carbocycles. The van der Waals surface area contributed by atoms with Gasteiger partial charge in [0.05, 0.1) is 35.8 Å². The van der Waals surface area contributed by atoms with Crippen LogP contribution in [0, 0.1) is 0 Å². The van der Waals surface area contributed by atoms with Crippen LogP contribution in [0.5, 0.6) is 0 Å². The smallest absolute Gasteiger partial charge is 0.137 e. The zero-order valence-electron chi connectivity index (χ0n) is 64.2. The van der Waals surface area contributed by atoms with Crippen LogP contribution in [-0.4, -0.2) is 4.57 Å². The van der Waals surface area contributed by atoms with Gasteiger partial charge in [0, 0.05) is 38.1 Å². The number of para-hydroxylation sites is 4. The molecule has 3 heterocycles. The minimum Gasteiger partial charge on any atom is -0.456 e. The maximum Gasteiger partial charge on any atom is 0.137 e. The molecule has 21 rings (SSSR count). The van der Waals surface area contributed by atoms with Crippen molar-refractivity contribution in [2.45, 2.75) is 0 Å². The summed E-state index contributed by atoms with van der Waals surface area (Å²) in [7, 11) is 0. The number of rotatable bonds is 8. The lowest BCUT2D eigenvalue weighted by atomic mass is 9.85. The maximum absolute atomic E-state index is 8.91. The van der Waals surface area contributed by atoms with Crippen molar-refractivity contribution in [2.75, 3.05) is 0 Å². The number of hydrogen-bond acceptors (Lipinski definition) is 2. The molecule has 0 aliphatic heterocycles. The minimum atomic E-state index is -0.402. The number of benzene rings is 18. The first-order chi connectivity index (χ1) is 54.3. The van der Waals surface area contributed by atoms with Gasteiger partial charge < -0.3 is 13.4 Å². The fourth-order valence-corrected chi connectivity index (χ4v) is 16.0. The molecule has 18 aromatic carbocycles. The molecule has 101 heavy (non-hydrogen) atoms. The van der Waals surface area contributed by atoms with E-state index >= 15 is 0 Å². The summed E-state index contributed by atoms with van der Waals surface area (Å²) in [5.74, 6) is 0. The summed E-state index contributed by atoms with van der Waals surface area (Å²) >= 11 is 0. The van der Waals surface area contributed by atoms with Crippen molar-refractivity contribution < 1.29 is 22.5 Å². The van der Waals surface area contributed by atoms with Crippen LogP contribution < -0.4 is 0 Å². The van der Waals surface area contributed by atoms with Gasteiger partial charge in [0.25, 0.3) is 0 Å².